The van der Waals surface area contributed by atoms with Crippen LogP contribution < -0.4 is 0 Å². The molecule has 4 aromatic rings. The Morgan fingerprint density at radius 3 is 1.41 bits per heavy atom. The molecule has 4 rings (SSSR count). The van der Waals surface area contributed by atoms with Gasteiger partial charge in [-0.1, -0.05) is 91.2 Å². The van der Waals surface area contributed by atoms with Crippen molar-refractivity contribution in [2.45, 2.75) is 91.9 Å². The van der Waals surface area contributed by atoms with E-state index in [0.717, 1.165) is 11.8 Å². The van der Waals surface area contributed by atoms with E-state index in [9.17, 15) is 0 Å². The van der Waals surface area contributed by atoms with Crippen LogP contribution >= 0.6 is 22.7 Å². The molecule has 0 nitrogen and oxygen atoms in total. The zero-order valence-corrected chi connectivity index (χ0v) is 23.6. The van der Waals surface area contributed by atoms with Crippen LogP contribution in [0.25, 0.3) is 30.9 Å². The predicted molar refractivity (Wildman–Crippen MR) is 160 cm³/mol. The Labute approximate surface area is 216 Å². The molecule has 0 fully saturated rings. The van der Waals surface area contributed by atoms with Gasteiger partial charge in [0.25, 0.3) is 0 Å². The summed E-state index contributed by atoms with van der Waals surface area (Å²) < 4.78 is 2.96. The molecule has 2 aromatic carbocycles. The third-order valence-electron chi connectivity index (χ3n) is 7.56. The van der Waals surface area contributed by atoms with Crippen molar-refractivity contribution in [3.8, 4) is 0 Å². The minimum Gasteiger partial charge on any atom is -0.142 e. The van der Waals surface area contributed by atoms with E-state index in [2.05, 4.69) is 75.9 Å². The fraction of sp³-hybridized carbons (Fsp3) is 0.500. The summed E-state index contributed by atoms with van der Waals surface area (Å²) in [5, 5.41) is 10.5. The second-order valence-corrected chi connectivity index (χ2v) is 11.6. The van der Waals surface area contributed by atoms with Crippen LogP contribution in [0.4, 0.5) is 0 Å². The highest BCUT2D eigenvalue weighted by Gasteiger charge is 2.18. The first-order valence-corrected chi connectivity index (χ1v) is 15.3. The van der Waals surface area contributed by atoms with Crippen molar-refractivity contribution in [3.63, 3.8) is 0 Å². The Morgan fingerprint density at radius 2 is 1.06 bits per heavy atom. The molecule has 2 heteroatoms. The van der Waals surface area contributed by atoms with E-state index in [1.165, 1.54) is 95.2 Å². The van der Waals surface area contributed by atoms with Gasteiger partial charge in [-0.15, -0.1) is 35.8 Å². The molecule has 184 valence electrons. The van der Waals surface area contributed by atoms with Crippen molar-refractivity contribution in [1.29, 1.82) is 0 Å². The third-order valence-corrected chi connectivity index (χ3v) is 9.55. The summed E-state index contributed by atoms with van der Waals surface area (Å²) in [7, 11) is 0. The van der Waals surface area contributed by atoms with Gasteiger partial charge in [-0.2, -0.15) is 0 Å². The predicted octanol–water partition coefficient (Wildman–Crippen LogP) is 11.6. The van der Waals surface area contributed by atoms with Crippen molar-refractivity contribution in [2.75, 3.05) is 0 Å². The van der Waals surface area contributed by atoms with Gasteiger partial charge in [0.2, 0.25) is 0 Å². The summed E-state index contributed by atoms with van der Waals surface area (Å²) in [5.74, 6) is 1.62. The molecule has 34 heavy (non-hydrogen) atoms. The maximum Gasteiger partial charge on any atom is 0.0527 e. The lowest BCUT2D eigenvalue weighted by molar-refractivity contribution is 0.434. The standard InChI is InChI=1S/C30H40S2.C2H4/c1-5-9-11-21(7-3)17-23-19-27-25-13-15-31-29(25)30-26(14-16-32-30)28(27)20-24(23)18-22(8-4)12-10-6-2;1-2/h13-16,19-22H,5-12,17-18H2,1-4H3;1-2H2. The fourth-order valence-corrected chi connectivity index (χ4v) is 7.43. The number of benzene rings is 2. The van der Waals surface area contributed by atoms with Gasteiger partial charge < -0.3 is 0 Å². The highest BCUT2D eigenvalue weighted by Crippen LogP contribution is 2.42. The molecule has 2 aromatic heterocycles. The lowest BCUT2D eigenvalue weighted by Gasteiger charge is -2.22. The summed E-state index contributed by atoms with van der Waals surface area (Å²) in [6.45, 7) is 15.4. The van der Waals surface area contributed by atoms with Crippen LogP contribution in [0.2, 0.25) is 0 Å². The second-order valence-electron chi connectivity index (χ2n) is 9.73. The summed E-state index contributed by atoms with van der Waals surface area (Å²) in [6, 6.07) is 9.93. The van der Waals surface area contributed by atoms with Gasteiger partial charge in [-0.3, -0.25) is 0 Å². The normalized spacial score (nSPS) is 13.3. The zero-order valence-electron chi connectivity index (χ0n) is 21.9. The Balaban J connectivity index is 0.00000158. The van der Waals surface area contributed by atoms with Gasteiger partial charge in [0.05, 0.1) is 9.40 Å². The maximum absolute atomic E-state index is 3.00. The first kappa shape index (κ1) is 27.0. The summed E-state index contributed by atoms with van der Waals surface area (Å²) >= 11 is 3.82. The van der Waals surface area contributed by atoms with Crippen LogP contribution in [0.1, 0.15) is 90.2 Å². The maximum atomic E-state index is 3.00. The number of hydrogen-bond donors (Lipinski definition) is 0. The highest BCUT2D eigenvalue weighted by molar-refractivity contribution is 7.25. The molecule has 0 aliphatic rings. The topological polar surface area (TPSA) is 0 Å². The minimum atomic E-state index is 0.810. The third kappa shape index (κ3) is 5.94. The van der Waals surface area contributed by atoms with E-state index < -0.39 is 0 Å². The zero-order chi connectivity index (χ0) is 24.5. The Hall–Kier alpha value is -1.64. The number of rotatable bonds is 12. The molecule has 0 saturated carbocycles. The van der Waals surface area contributed by atoms with Crippen LogP contribution in [0.15, 0.2) is 48.2 Å². The number of thiophene rings is 2. The number of fused-ring (bicyclic) bond motifs is 6. The quantitative estimate of drug-likeness (QED) is 0.172. The van der Waals surface area contributed by atoms with Crippen molar-refractivity contribution < 1.29 is 0 Å². The summed E-state index contributed by atoms with van der Waals surface area (Å²) in [5.41, 5.74) is 3.27. The van der Waals surface area contributed by atoms with E-state index in [1.54, 1.807) is 11.1 Å². The Kier molecular flexibility index (Phi) is 10.7. The van der Waals surface area contributed by atoms with Gasteiger partial charge in [-0.05, 0) is 69.5 Å². The van der Waals surface area contributed by atoms with Crippen LogP contribution in [0.5, 0.6) is 0 Å². The largest absolute Gasteiger partial charge is 0.142 e. The van der Waals surface area contributed by atoms with E-state index in [4.69, 9.17) is 0 Å². The first-order chi connectivity index (χ1) is 16.7. The molecule has 2 atom stereocenters. The number of hydrogen-bond acceptors (Lipinski definition) is 2. The van der Waals surface area contributed by atoms with Gasteiger partial charge in [0.1, 0.15) is 0 Å². The van der Waals surface area contributed by atoms with Crippen LogP contribution in [0.3, 0.4) is 0 Å². The SMILES string of the molecule is C=C.CCCCC(CC)Cc1cc2c(cc1CC(CC)CCCC)c1ccsc1c1sccc21. The summed E-state index contributed by atoms with van der Waals surface area (Å²) in [4.78, 5) is 0. The molecule has 0 saturated heterocycles. The molecule has 0 amide bonds. The van der Waals surface area contributed by atoms with Crippen LogP contribution in [0, 0.1) is 11.8 Å². The summed E-state index contributed by atoms with van der Waals surface area (Å²) in [6.07, 6.45) is 13.2. The molecule has 0 aliphatic carbocycles. The van der Waals surface area contributed by atoms with E-state index in [-0.39, 0.29) is 0 Å². The molecule has 0 spiro atoms. The van der Waals surface area contributed by atoms with Crippen molar-refractivity contribution in [3.05, 3.63) is 59.3 Å². The molecule has 2 unspecified atom stereocenters. The van der Waals surface area contributed by atoms with Crippen molar-refractivity contribution in [2.24, 2.45) is 11.8 Å². The van der Waals surface area contributed by atoms with Gasteiger partial charge in [-0.25, -0.2) is 0 Å². The van der Waals surface area contributed by atoms with Crippen LogP contribution in [-0.2, 0) is 12.8 Å². The van der Waals surface area contributed by atoms with Crippen molar-refractivity contribution in [1.82, 2.24) is 0 Å². The highest BCUT2D eigenvalue weighted by atomic mass is 32.1. The van der Waals surface area contributed by atoms with E-state index >= 15 is 0 Å². The molecular weight excluding hydrogens is 448 g/mol. The van der Waals surface area contributed by atoms with E-state index in [1.807, 2.05) is 22.7 Å². The fourth-order valence-electron chi connectivity index (χ4n) is 5.42. The van der Waals surface area contributed by atoms with E-state index in [0.29, 0.717) is 0 Å². The minimum absolute atomic E-state index is 0.810. The molecule has 0 N–H and O–H groups in total. The average molecular weight is 493 g/mol. The lowest BCUT2D eigenvalue weighted by Crippen LogP contribution is -2.10. The Bertz CT molecular complexity index is 1070. The molecule has 0 aliphatic heterocycles. The Morgan fingerprint density at radius 1 is 0.647 bits per heavy atom. The van der Waals surface area contributed by atoms with Gasteiger partial charge in [0, 0.05) is 10.8 Å². The average Bonchev–Trinajstić information content (AvgIpc) is 3.55. The number of unbranched alkanes of at least 4 members (excludes halogenated alkanes) is 2. The smallest absolute Gasteiger partial charge is 0.0527 e. The van der Waals surface area contributed by atoms with Gasteiger partial charge >= 0.3 is 0 Å². The first-order valence-electron chi connectivity index (χ1n) is 13.5. The van der Waals surface area contributed by atoms with Gasteiger partial charge in [0.15, 0.2) is 0 Å². The molecule has 2 heterocycles. The monoisotopic (exact) mass is 492 g/mol. The lowest BCUT2D eigenvalue weighted by atomic mass is 9.83. The molecular formula is C32H44S2. The van der Waals surface area contributed by atoms with Crippen molar-refractivity contribution >= 4 is 53.6 Å². The van der Waals surface area contributed by atoms with Crippen LogP contribution in [-0.4, -0.2) is 0 Å². The molecule has 0 radical (unpaired) electrons. The molecule has 0 bridgehead atoms. The second kappa shape index (κ2) is 13.4.